The van der Waals surface area contributed by atoms with Crippen molar-refractivity contribution in [2.24, 2.45) is 0 Å². The number of carbonyl (C=O) groups is 2. The van der Waals surface area contributed by atoms with Crippen LogP contribution >= 0.6 is 0 Å². The predicted molar refractivity (Wildman–Crippen MR) is 76.6 cm³/mol. The lowest BCUT2D eigenvalue weighted by molar-refractivity contribution is -0.147. The molecule has 23 heavy (non-hydrogen) atoms. The quantitative estimate of drug-likeness (QED) is 0.808. The molecule has 0 aliphatic carbocycles. The maximum Gasteiger partial charge on any atom is 0.329 e. The first-order valence-electron chi connectivity index (χ1n) is 7.25. The van der Waals surface area contributed by atoms with Crippen LogP contribution in [0.1, 0.15) is 16.8 Å². The first kappa shape index (κ1) is 15.6. The van der Waals surface area contributed by atoms with Gasteiger partial charge in [0.15, 0.2) is 11.5 Å². The van der Waals surface area contributed by atoms with Crippen molar-refractivity contribution in [2.45, 2.75) is 18.6 Å². The Hall–Kier alpha value is -2.32. The van der Waals surface area contributed by atoms with Crippen molar-refractivity contribution in [1.29, 1.82) is 0 Å². The number of nitrogens with one attached hydrogen (secondary N) is 1. The van der Waals surface area contributed by atoms with Gasteiger partial charge in [-0.05, 0) is 24.6 Å². The van der Waals surface area contributed by atoms with Gasteiger partial charge in [-0.1, -0.05) is 0 Å². The summed E-state index contributed by atoms with van der Waals surface area (Å²) in [6.45, 7) is 0.490. The smallest absolute Gasteiger partial charge is 0.329 e. The fourth-order valence-corrected chi connectivity index (χ4v) is 2.52. The van der Waals surface area contributed by atoms with Gasteiger partial charge in [0.05, 0.1) is 18.8 Å². The van der Waals surface area contributed by atoms with Crippen LogP contribution in [0.5, 0.6) is 11.5 Å². The molecule has 2 aliphatic rings. The van der Waals surface area contributed by atoms with E-state index < -0.39 is 24.7 Å². The summed E-state index contributed by atoms with van der Waals surface area (Å²) in [4.78, 5) is 23.0. The minimum Gasteiger partial charge on any atom is -0.480 e. The summed E-state index contributed by atoms with van der Waals surface area (Å²) in [6.07, 6.45) is 0.136. The highest BCUT2D eigenvalue weighted by Gasteiger charge is 2.29. The maximum absolute atomic E-state index is 12.4. The van der Waals surface area contributed by atoms with Crippen molar-refractivity contribution in [1.82, 2.24) is 5.32 Å². The van der Waals surface area contributed by atoms with E-state index in [9.17, 15) is 9.59 Å². The van der Waals surface area contributed by atoms with Crippen LogP contribution in [0.15, 0.2) is 18.2 Å². The number of carboxylic acids is 1. The van der Waals surface area contributed by atoms with Gasteiger partial charge < -0.3 is 29.4 Å². The number of aliphatic carboxylic acids is 1. The highest BCUT2D eigenvalue weighted by atomic mass is 16.7. The van der Waals surface area contributed by atoms with Crippen LogP contribution in [0.25, 0.3) is 0 Å². The highest BCUT2D eigenvalue weighted by molar-refractivity contribution is 5.95. The van der Waals surface area contributed by atoms with Gasteiger partial charge in [-0.25, -0.2) is 4.79 Å². The predicted octanol–water partition coefficient (Wildman–Crippen LogP) is 0.404. The van der Waals surface area contributed by atoms with Gasteiger partial charge in [-0.15, -0.1) is 0 Å². The molecule has 1 saturated heterocycles. The van der Waals surface area contributed by atoms with Gasteiger partial charge in [0.25, 0.3) is 5.91 Å². The number of hydrogen-bond donors (Lipinski definition) is 2. The molecule has 1 aromatic carbocycles. The Kier molecular flexibility index (Phi) is 4.63. The number of benzene rings is 1. The normalized spacial score (nSPS) is 22.6. The third-order valence-corrected chi connectivity index (χ3v) is 3.67. The lowest BCUT2D eigenvalue weighted by Gasteiger charge is -2.31. The Morgan fingerprint density at radius 1 is 1.30 bits per heavy atom. The average molecular weight is 323 g/mol. The maximum atomic E-state index is 12.4. The number of carboxylic acid groups (broad SMARTS) is 1. The second-order valence-electron chi connectivity index (χ2n) is 5.25. The molecule has 3 rings (SSSR count). The molecular formula is C15H17NO7. The lowest BCUT2D eigenvalue weighted by atomic mass is 10.1. The first-order chi connectivity index (χ1) is 11.1. The summed E-state index contributed by atoms with van der Waals surface area (Å²) >= 11 is 0. The monoisotopic (exact) mass is 323 g/mol. The molecule has 1 amide bonds. The summed E-state index contributed by atoms with van der Waals surface area (Å²) in [7, 11) is 0. The van der Waals surface area contributed by atoms with E-state index in [1.54, 1.807) is 18.2 Å². The molecule has 8 nitrogen and oxygen atoms in total. The molecule has 0 radical (unpaired) electrons. The van der Waals surface area contributed by atoms with Crippen LogP contribution in [0, 0.1) is 0 Å². The summed E-state index contributed by atoms with van der Waals surface area (Å²) in [5.41, 5.74) is 0.428. The molecular weight excluding hydrogens is 306 g/mol. The van der Waals surface area contributed by atoms with Crippen LogP contribution in [-0.2, 0) is 14.3 Å². The van der Waals surface area contributed by atoms with E-state index in [1.807, 2.05) is 0 Å². The third kappa shape index (κ3) is 3.72. The standard InChI is InChI=1S/C15H17NO7/c17-14(18)7-21-11-3-4-20-6-10(11)16-15(19)9-1-2-12-13(5-9)23-8-22-12/h1-2,5,10-11H,3-4,6-8H2,(H,16,19)(H,17,18)/t10-,11+/m1/s1. The van der Waals surface area contributed by atoms with Crippen molar-refractivity contribution < 1.29 is 33.6 Å². The highest BCUT2D eigenvalue weighted by Crippen LogP contribution is 2.32. The summed E-state index contributed by atoms with van der Waals surface area (Å²) in [6, 6.07) is 4.52. The molecule has 2 heterocycles. The zero-order chi connectivity index (χ0) is 16.2. The molecule has 8 heteroatoms. The Labute approximate surface area is 132 Å². The van der Waals surface area contributed by atoms with Crippen molar-refractivity contribution in [2.75, 3.05) is 26.6 Å². The Morgan fingerprint density at radius 2 is 2.13 bits per heavy atom. The van der Waals surface area contributed by atoms with Crippen molar-refractivity contribution in [3.8, 4) is 11.5 Å². The second-order valence-corrected chi connectivity index (χ2v) is 5.25. The molecule has 1 fully saturated rings. The zero-order valence-corrected chi connectivity index (χ0v) is 12.3. The SMILES string of the molecule is O=C(O)CO[C@H]1CCOC[C@H]1NC(=O)c1ccc2c(c1)OCO2. The molecule has 1 aromatic rings. The van der Waals surface area contributed by atoms with Crippen LogP contribution in [-0.4, -0.2) is 55.7 Å². The molecule has 124 valence electrons. The molecule has 0 unspecified atom stereocenters. The van der Waals surface area contributed by atoms with Gasteiger partial charge in [-0.3, -0.25) is 4.79 Å². The van der Waals surface area contributed by atoms with Crippen LogP contribution < -0.4 is 14.8 Å². The molecule has 2 N–H and O–H groups in total. The van der Waals surface area contributed by atoms with Crippen LogP contribution in [0.3, 0.4) is 0 Å². The Balaban J connectivity index is 1.64. The topological polar surface area (TPSA) is 103 Å². The molecule has 2 atom stereocenters. The van der Waals surface area contributed by atoms with Crippen molar-refractivity contribution in [3.63, 3.8) is 0 Å². The molecule has 2 aliphatic heterocycles. The van der Waals surface area contributed by atoms with Crippen molar-refractivity contribution in [3.05, 3.63) is 23.8 Å². The van der Waals surface area contributed by atoms with Gasteiger partial charge >= 0.3 is 5.97 Å². The van der Waals surface area contributed by atoms with Crippen LogP contribution in [0.2, 0.25) is 0 Å². The average Bonchev–Trinajstić information content (AvgIpc) is 3.01. The summed E-state index contributed by atoms with van der Waals surface area (Å²) in [5, 5.41) is 11.5. The molecule has 0 saturated carbocycles. The minimum absolute atomic E-state index is 0.141. The second kappa shape index (κ2) is 6.84. The summed E-state index contributed by atoms with van der Waals surface area (Å²) < 4.78 is 21.1. The van der Waals surface area contributed by atoms with E-state index in [1.165, 1.54) is 0 Å². The zero-order valence-electron chi connectivity index (χ0n) is 12.3. The largest absolute Gasteiger partial charge is 0.480 e. The first-order valence-corrected chi connectivity index (χ1v) is 7.25. The number of amides is 1. The minimum atomic E-state index is -1.04. The van der Waals surface area contributed by atoms with E-state index >= 15 is 0 Å². The summed E-state index contributed by atoms with van der Waals surface area (Å²) in [5.74, 6) is -0.221. The number of carbonyl (C=O) groups excluding carboxylic acids is 1. The number of ether oxygens (including phenoxy) is 4. The van der Waals surface area contributed by atoms with E-state index in [-0.39, 0.29) is 19.3 Å². The van der Waals surface area contributed by atoms with E-state index in [0.717, 1.165) is 0 Å². The third-order valence-electron chi connectivity index (χ3n) is 3.67. The van der Waals surface area contributed by atoms with E-state index in [4.69, 9.17) is 24.1 Å². The lowest BCUT2D eigenvalue weighted by Crippen LogP contribution is -2.51. The number of fused-ring (bicyclic) bond motifs is 1. The van der Waals surface area contributed by atoms with E-state index in [0.29, 0.717) is 30.1 Å². The van der Waals surface area contributed by atoms with Gasteiger partial charge in [-0.2, -0.15) is 0 Å². The number of rotatable bonds is 5. The number of hydrogen-bond acceptors (Lipinski definition) is 6. The Bertz CT molecular complexity index is 603. The van der Waals surface area contributed by atoms with Gasteiger partial charge in [0.2, 0.25) is 6.79 Å². The molecule has 0 spiro atoms. The molecule has 0 bridgehead atoms. The fraction of sp³-hybridized carbons (Fsp3) is 0.467. The van der Waals surface area contributed by atoms with Gasteiger partial charge in [0, 0.05) is 12.2 Å². The van der Waals surface area contributed by atoms with Gasteiger partial charge in [0.1, 0.15) is 6.61 Å². The van der Waals surface area contributed by atoms with Crippen LogP contribution in [0.4, 0.5) is 0 Å². The van der Waals surface area contributed by atoms with E-state index in [2.05, 4.69) is 5.32 Å². The fourth-order valence-electron chi connectivity index (χ4n) is 2.52. The molecule has 0 aromatic heterocycles. The Morgan fingerprint density at radius 3 is 2.96 bits per heavy atom. The van der Waals surface area contributed by atoms with Crippen molar-refractivity contribution >= 4 is 11.9 Å².